The number of benzene rings is 2. The molecule has 3 aromatic rings. The molecule has 2 aromatic carbocycles. The Labute approximate surface area is 125 Å². The Bertz CT molecular complexity index is 704. The standard InChI is InChI=1S/C18H20N2O/c1-2-19-13-15-8-10-17-16(12-15)20-18(21-17)11-9-14-6-4-3-5-7-14/h3-8,10,12,19H,2,9,11,13H2,1H3. The minimum atomic E-state index is 0.814. The van der Waals surface area contributed by atoms with Gasteiger partial charge in [0.15, 0.2) is 11.5 Å². The molecule has 0 aliphatic rings. The highest BCUT2D eigenvalue weighted by Crippen LogP contribution is 2.18. The van der Waals surface area contributed by atoms with Gasteiger partial charge in [-0.2, -0.15) is 0 Å². The highest BCUT2D eigenvalue weighted by molar-refractivity contribution is 5.73. The maximum atomic E-state index is 5.82. The normalized spacial score (nSPS) is 11.1. The fourth-order valence-corrected chi connectivity index (χ4v) is 2.40. The molecule has 1 heterocycles. The monoisotopic (exact) mass is 280 g/mol. The van der Waals surface area contributed by atoms with Gasteiger partial charge in [-0.25, -0.2) is 4.98 Å². The summed E-state index contributed by atoms with van der Waals surface area (Å²) in [4.78, 5) is 4.60. The number of aryl methyl sites for hydroxylation is 2. The Morgan fingerprint density at radius 2 is 1.86 bits per heavy atom. The predicted molar refractivity (Wildman–Crippen MR) is 85.2 cm³/mol. The molecule has 0 unspecified atom stereocenters. The maximum Gasteiger partial charge on any atom is 0.195 e. The molecule has 0 aliphatic heterocycles. The van der Waals surface area contributed by atoms with Crippen LogP contribution in [-0.4, -0.2) is 11.5 Å². The van der Waals surface area contributed by atoms with E-state index in [0.717, 1.165) is 42.9 Å². The highest BCUT2D eigenvalue weighted by atomic mass is 16.3. The van der Waals surface area contributed by atoms with E-state index in [1.807, 2.05) is 12.1 Å². The van der Waals surface area contributed by atoms with Gasteiger partial charge in [0.05, 0.1) is 0 Å². The molecule has 3 rings (SSSR count). The lowest BCUT2D eigenvalue weighted by molar-refractivity contribution is 0.528. The van der Waals surface area contributed by atoms with E-state index in [0.29, 0.717) is 0 Å². The smallest absolute Gasteiger partial charge is 0.195 e. The van der Waals surface area contributed by atoms with Crippen LogP contribution in [0.4, 0.5) is 0 Å². The first-order chi connectivity index (χ1) is 10.3. The molecule has 1 aromatic heterocycles. The third-order valence-electron chi connectivity index (χ3n) is 3.55. The van der Waals surface area contributed by atoms with Crippen LogP contribution < -0.4 is 5.32 Å². The summed E-state index contributed by atoms with van der Waals surface area (Å²) >= 11 is 0. The molecular formula is C18H20N2O. The number of hydrogen-bond donors (Lipinski definition) is 1. The summed E-state index contributed by atoms with van der Waals surface area (Å²) in [5.41, 5.74) is 4.38. The minimum Gasteiger partial charge on any atom is -0.441 e. The van der Waals surface area contributed by atoms with Gasteiger partial charge >= 0.3 is 0 Å². The van der Waals surface area contributed by atoms with Crippen molar-refractivity contribution in [2.24, 2.45) is 0 Å². The summed E-state index contributed by atoms with van der Waals surface area (Å²) in [5, 5.41) is 3.32. The van der Waals surface area contributed by atoms with Crippen molar-refractivity contribution in [3.05, 3.63) is 65.5 Å². The lowest BCUT2D eigenvalue weighted by atomic mass is 10.1. The van der Waals surface area contributed by atoms with E-state index in [4.69, 9.17) is 4.42 Å². The molecule has 0 fully saturated rings. The molecule has 0 radical (unpaired) electrons. The van der Waals surface area contributed by atoms with Gasteiger partial charge in [0.2, 0.25) is 0 Å². The summed E-state index contributed by atoms with van der Waals surface area (Å²) in [6, 6.07) is 16.7. The van der Waals surface area contributed by atoms with Gasteiger partial charge < -0.3 is 9.73 Å². The topological polar surface area (TPSA) is 38.1 Å². The fraction of sp³-hybridized carbons (Fsp3) is 0.278. The van der Waals surface area contributed by atoms with E-state index in [1.54, 1.807) is 0 Å². The van der Waals surface area contributed by atoms with Crippen molar-refractivity contribution in [3.63, 3.8) is 0 Å². The second-order valence-electron chi connectivity index (χ2n) is 5.18. The molecule has 0 aliphatic carbocycles. The molecule has 3 heteroatoms. The first-order valence-electron chi connectivity index (χ1n) is 7.48. The van der Waals surface area contributed by atoms with Gasteiger partial charge in [-0.3, -0.25) is 0 Å². The van der Waals surface area contributed by atoms with Crippen molar-refractivity contribution in [3.8, 4) is 0 Å². The number of oxazole rings is 1. The van der Waals surface area contributed by atoms with Crippen molar-refractivity contribution < 1.29 is 4.42 Å². The summed E-state index contributed by atoms with van der Waals surface area (Å²) < 4.78 is 5.82. The largest absolute Gasteiger partial charge is 0.441 e. The maximum absolute atomic E-state index is 5.82. The van der Waals surface area contributed by atoms with E-state index < -0.39 is 0 Å². The molecule has 108 valence electrons. The van der Waals surface area contributed by atoms with Crippen LogP contribution in [0, 0.1) is 0 Å². The van der Waals surface area contributed by atoms with Crippen LogP contribution in [0.25, 0.3) is 11.1 Å². The number of nitrogens with one attached hydrogen (secondary N) is 1. The molecule has 21 heavy (non-hydrogen) atoms. The first-order valence-corrected chi connectivity index (χ1v) is 7.48. The second-order valence-corrected chi connectivity index (χ2v) is 5.18. The van der Waals surface area contributed by atoms with Crippen molar-refractivity contribution in [1.82, 2.24) is 10.3 Å². The van der Waals surface area contributed by atoms with Crippen molar-refractivity contribution in [2.75, 3.05) is 6.54 Å². The van der Waals surface area contributed by atoms with E-state index in [2.05, 4.69) is 53.6 Å². The number of nitrogens with zero attached hydrogens (tertiary/aromatic N) is 1. The number of hydrogen-bond acceptors (Lipinski definition) is 3. The van der Waals surface area contributed by atoms with Crippen LogP contribution in [0.1, 0.15) is 23.9 Å². The Morgan fingerprint density at radius 1 is 1.00 bits per heavy atom. The Balaban J connectivity index is 1.71. The zero-order valence-corrected chi connectivity index (χ0v) is 12.3. The molecule has 1 N–H and O–H groups in total. The van der Waals surface area contributed by atoms with Crippen LogP contribution >= 0.6 is 0 Å². The van der Waals surface area contributed by atoms with Gasteiger partial charge in [-0.15, -0.1) is 0 Å². The molecule has 0 amide bonds. The van der Waals surface area contributed by atoms with Gasteiger partial charge in [0, 0.05) is 13.0 Å². The van der Waals surface area contributed by atoms with Gasteiger partial charge in [0.25, 0.3) is 0 Å². The van der Waals surface area contributed by atoms with Crippen molar-refractivity contribution >= 4 is 11.1 Å². The molecule has 0 saturated heterocycles. The first kappa shape index (κ1) is 13.8. The van der Waals surface area contributed by atoms with Crippen LogP contribution in [0.15, 0.2) is 52.9 Å². The molecule has 0 saturated carbocycles. The molecular weight excluding hydrogens is 260 g/mol. The molecule has 0 bridgehead atoms. The Hall–Kier alpha value is -2.13. The van der Waals surface area contributed by atoms with Crippen LogP contribution in [0.2, 0.25) is 0 Å². The highest BCUT2D eigenvalue weighted by Gasteiger charge is 2.06. The van der Waals surface area contributed by atoms with Crippen LogP contribution in [0.5, 0.6) is 0 Å². The number of rotatable bonds is 6. The molecule has 0 spiro atoms. The Morgan fingerprint density at radius 3 is 2.67 bits per heavy atom. The summed E-state index contributed by atoms with van der Waals surface area (Å²) in [6.07, 6.45) is 1.79. The summed E-state index contributed by atoms with van der Waals surface area (Å²) in [5.74, 6) is 0.814. The second kappa shape index (κ2) is 6.55. The van der Waals surface area contributed by atoms with Gasteiger partial charge in [-0.05, 0) is 36.2 Å². The zero-order chi connectivity index (χ0) is 14.5. The average Bonchev–Trinajstić information content (AvgIpc) is 2.94. The number of aromatic nitrogens is 1. The molecule has 0 atom stereocenters. The van der Waals surface area contributed by atoms with Crippen molar-refractivity contribution in [2.45, 2.75) is 26.3 Å². The Kier molecular flexibility index (Phi) is 4.31. The van der Waals surface area contributed by atoms with Crippen LogP contribution in [0.3, 0.4) is 0 Å². The number of fused-ring (bicyclic) bond motifs is 1. The summed E-state index contributed by atoms with van der Waals surface area (Å²) in [6.45, 7) is 3.95. The van der Waals surface area contributed by atoms with E-state index in [9.17, 15) is 0 Å². The molecule has 3 nitrogen and oxygen atoms in total. The van der Waals surface area contributed by atoms with E-state index in [-0.39, 0.29) is 0 Å². The fourth-order valence-electron chi connectivity index (χ4n) is 2.40. The minimum absolute atomic E-state index is 0.814. The van der Waals surface area contributed by atoms with E-state index in [1.165, 1.54) is 11.1 Å². The summed E-state index contributed by atoms with van der Waals surface area (Å²) in [7, 11) is 0. The SMILES string of the molecule is CCNCc1ccc2oc(CCc3ccccc3)nc2c1. The van der Waals surface area contributed by atoms with E-state index >= 15 is 0 Å². The van der Waals surface area contributed by atoms with Crippen LogP contribution in [-0.2, 0) is 19.4 Å². The van der Waals surface area contributed by atoms with Gasteiger partial charge in [0.1, 0.15) is 5.52 Å². The quantitative estimate of drug-likeness (QED) is 0.747. The lowest BCUT2D eigenvalue weighted by Crippen LogP contribution is -2.11. The predicted octanol–water partition coefficient (Wildman–Crippen LogP) is 3.72. The average molecular weight is 280 g/mol. The zero-order valence-electron chi connectivity index (χ0n) is 12.3. The third kappa shape index (κ3) is 3.50. The van der Waals surface area contributed by atoms with Crippen molar-refractivity contribution in [1.29, 1.82) is 0 Å². The third-order valence-corrected chi connectivity index (χ3v) is 3.55. The lowest BCUT2D eigenvalue weighted by Gasteiger charge is -2.00. The van der Waals surface area contributed by atoms with Gasteiger partial charge in [-0.1, -0.05) is 43.3 Å².